The topological polar surface area (TPSA) is 57.2 Å². The molecule has 1 saturated carbocycles. The van der Waals surface area contributed by atoms with Crippen LogP contribution in [0.15, 0.2) is 16.7 Å². The van der Waals surface area contributed by atoms with Crippen LogP contribution in [-0.2, 0) is 21.3 Å². The summed E-state index contributed by atoms with van der Waals surface area (Å²) < 4.78 is 37.6. The van der Waals surface area contributed by atoms with Crippen LogP contribution in [0.25, 0.3) is 0 Å². The fourth-order valence-electron chi connectivity index (χ4n) is 3.46. The number of aromatic nitrogens is 1. The summed E-state index contributed by atoms with van der Waals surface area (Å²) in [6, 6.07) is 1.42. The van der Waals surface area contributed by atoms with Gasteiger partial charge < -0.3 is 8.98 Å². The molecule has 0 aromatic carbocycles. The van der Waals surface area contributed by atoms with Crippen LogP contribution in [0.5, 0.6) is 0 Å². The predicted molar refractivity (Wildman–Crippen MR) is 125 cm³/mol. The number of hydrogen-bond donors (Lipinski definition) is 1. The smallest absolute Gasteiger partial charge is 0.192 e. The van der Waals surface area contributed by atoms with E-state index < -0.39 is 30.0 Å². The molecule has 1 N–H and O–H groups in total. The number of halogens is 2. The first-order chi connectivity index (χ1) is 12.9. The quantitative estimate of drug-likeness (QED) is 0.376. The van der Waals surface area contributed by atoms with Crippen molar-refractivity contribution in [1.82, 2.24) is 9.71 Å². The largest absolute Gasteiger partial charge is 0.598 e. The number of pyridine rings is 1. The molecule has 4 nitrogen and oxygen atoms in total. The van der Waals surface area contributed by atoms with Crippen LogP contribution in [0.4, 0.5) is 4.39 Å². The molecule has 0 spiro atoms. The summed E-state index contributed by atoms with van der Waals surface area (Å²) >= 11 is 1.94. The minimum Gasteiger partial charge on any atom is -0.598 e. The molecule has 0 amide bonds. The molecule has 166 valence electrons. The lowest BCUT2D eigenvalue weighted by Gasteiger charge is -2.55. The summed E-state index contributed by atoms with van der Waals surface area (Å²) in [6.07, 6.45) is 2.85. The van der Waals surface area contributed by atoms with Crippen LogP contribution in [0.1, 0.15) is 67.0 Å². The van der Waals surface area contributed by atoms with Gasteiger partial charge in [0.25, 0.3) is 0 Å². The highest BCUT2D eigenvalue weighted by molar-refractivity contribution is 9.10. The molecule has 29 heavy (non-hydrogen) atoms. The van der Waals surface area contributed by atoms with Crippen LogP contribution in [0.2, 0.25) is 18.1 Å². The van der Waals surface area contributed by atoms with Gasteiger partial charge in [-0.25, -0.2) is 4.39 Å². The summed E-state index contributed by atoms with van der Waals surface area (Å²) in [5.41, 5.74) is -0.539. The molecule has 1 aliphatic carbocycles. The molecule has 0 saturated heterocycles. The van der Waals surface area contributed by atoms with Gasteiger partial charge in [-0.3, -0.25) is 4.98 Å². The first-order valence-corrected chi connectivity index (χ1v) is 14.9. The van der Waals surface area contributed by atoms with Crippen molar-refractivity contribution >= 4 is 35.6 Å². The minimum absolute atomic E-state index is 0.119. The summed E-state index contributed by atoms with van der Waals surface area (Å²) in [6.45, 7) is 19.7. The van der Waals surface area contributed by atoms with E-state index in [0.29, 0.717) is 29.6 Å². The fourth-order valence-corrected chi connectivity index (χ4v) is 5.81. The Morgan fingerprint density at radius 1 is 1.28 bits per heavy atom. The van der Waals surface area contributed by atoms with E-state index in [4.69, 9.17) is 4.43 Å². The molecule has 2 rings (SSSR count). The van der Waals surface area contributed by atoms with E-state index in [0.717, 1.165) is 0 Å². The van der Waals surface area contributed by atoms with E-state index in [1.54, 1.807) is 6.20 Å². The normalized spacial score (nSPS) is 26.9. The number of nitrogens with one attached hydrogen (secondary N) is 1. The Kier molecular flexibility index (Phi) is 7.12. The van der Waals surface area contributed by atoms with Gasteiger partial charge in [0.1, 0.15) is 21.8 Å². The third-order valence-electron chi connectivity index (χ3n) is 6.15. The number of rotatable bonds is 6. The van der Waals surface area contributed by atoms with Crippen molar-refractivity contribution in [2.24, 2.45) is 5.41 Å². The maximum absolute atomic E-state index is 14.8. The molecule has 0 aliphatic heterocycles. The molecular formula is C21H36BrFN2O2SSi. The predicted octanol–water partition coefficient (Wildman–Crippen LogP) is 6.05. The monoisotopic (exact) mass is 506 g/mol. The van der Waals surface area contributed by atoms with Gasteiger partial charge in [0.2, 0.25) is 0 Å². The van der Waals surface area contributed by atoms with Crippen LogP contribution < -0.4 is 4.72 Å². The third kappa shape index (κ3) is 5.63. The van der Waals surface area contributed by atoms with Crippen molar-refractivity contribution in [2.45, 2.75) is 89.7 Å². The van der Waals surface area contributed by atoms with E-state index in [-0.39, 0.29) is 16.3 Å². The molecule has 1 aromatic heterocycles. The summed E-state index contributed by atoms with van der Waals surface area (Å²) in [5.74, 6) is -0.384. The average Bonchev–Trinajstić information content (AvgIpc) is 2.49. The Balaban J connectivity index is 2.26. The molecule has 1 atom stereocenters. The van der Waals surface area contributed by atoms with Crippen LogP contribution in [0.3, 0.4) is 0 Å². The van der Waals surface area contributed by atoms with Gasteiger partial charge in [0, 0.05) is 28.6 Å². The average molecular weight is 508 g/mol. The van der Waals surface area contributed by atoms with E-state index in [9.17, 15) is 8.94 Å². The number of nitrogens with zero attached hydrogens (tertiary/aromatic N) is 1. The van der Waals surface area contributed by atoms with Crippen molar-refractivity contribution in [3.8, 4) is 0 Å². The lowest BCUT2D eigenvalue weighted by atomic mass is 9.57. The van der Waals surface area contributed by atoms with Gasteiger partial charge in [-0.2, -0.15) is 0 Å². The zero-order chi connectivity index (χ0) is 22.5. The third-order valence-corrected chi connectivity index (χ3v) is 12.8. The van der Waals surface area contributed by atoms with Crippen LogP contribution >= 0.6 is 15.9 Å². The highest BCUT2D eigenvalue weighted by Crippen LogP contribution is 2.55. The van der Waals surface area contributed by atoms with Crippen molar-refractivity contribution in [3.05, 3.63) is 28.2 Å². The van der Waals surface area contributed by atoms with Gasteiger partial charge in [-0.1, -0.05) is 27.7 Å². The van der Waals surface area contributed by atoms with Gasteiger partial charge in [0.05, 0.1) is 0 Å². The molecule has 1 aliphatic rings. The first kappa shape index (κ1) is 25.3. The number of hydrogen-bond acceptors (Lipinski definition) is 4. The SMILES string of the molecule is CC1(CO[Si](C)(C)C(C)(C)C)CC(N[S+]([O-])C(C)(C)C)(c2ncc(Br)cc2F)C1. The van der Waals surface area contributed by atoms with Gasteiger partial charge in [-0.15, -0.1) is 4.72 Å². The molecular weight excluding hydrogens is 471 g/mol. The standard InChI is InChI=1S/C21H36BrFN2O2SSi/c1-18(2,3)28(26)25-21(17-16(23)10-15(22)11-24-17)12-20(7,13-21)14-27-29(8,9)19(4,5)6/h10-11,25H,12-14H2,1-9H3. The molecule has 1 fully saturated rings. The van der Waals surface area contributed by atoms with E-state index in [1.807, 2.05) is 20.8 Å². The van der Waals surface area contributed by atoms with Gasteiger partial charge >= 0.3 is 0 Å². The molecule has 8 heteroatoms. The Morgan fingerprint density at radius 3 is 2.28 bits per heavy atom. The minimum atomic E-state index is -1.88. The van der Waals surface area contributed by atoms with Crippen molar-refractivity contribution in [2.75, 3.05) is 6.61 Å². The molecule has 1 aromatic rings. The highest BCUT2D eigenvalue weighted by Gasteiger charge is 2.59. The highest BCUT2D eigenvalue weighted by atomic mass is 79.9. The summed E-state index contributed by atoms with van der Waals surface area (Å²) in [4.78, 5) is 4.37. The Morgan fingerprint density at radius 2 is 1.83 bits per heavy atom. The second-order valence-corrected chi connectivity index (χ2v) is 19.0. The second-order valence-electron chi connectivity index (χ2n) is 11.3. The van der Waals surface area contributed by atoms with Crippen molar-refractivity contribution in [1.29, 1.82) is 0 Å². The van der Waals surface area contributed by atoms with Crippen molar-refractivity contribution < 1.29 is 13.4 Å². The Bertz CT molecular complexity index is 743. The molecule has 0 radical (unpaired) electrons. The van der Waals surface area contributed by atoms with E-state index in [1.165, 1.54) is 6.07 Å². The molecule has 0 bridgehead atoms. The summed E-state index contributed by atoms with van der Waals surface area (Å²) in [7, 11) is -1.88. The fraction of sp³-hybridized carbons (Fsp3) is 0.762. The lowest BCUT2D eigenvalue weighted by molar-refractivity contribution is -0.0194. The lowest BCUT2D eigenvalue weighted by Crippen LogP contribution is -2.63. The summed E-state index contributed by atoms with van der Waals surface area (Å²) in [5, 5.41) is 0.134. The van der Waals surface area contributed by atoms with Crippen molar-refractivity contribution in [3.63, 3.8) is 0 Å². The molecule has 1 unspecified atom stereocenters. The van der Waals surface area contributed by atoms with Gasteiger partial charge in [-0.05, 0) is 79.2 Å². The first-order valence-electron chi connectivity index (χ1n) is 10.1. The second kappa shape index (κ2) is 8.17. The maximum Gasteiger partial charge on any atom is 0.192 e. The van der Waals surface area contributed by atoms with E-state index >= 15 is 0 Å². The zero-order valence-electron chi connectivity index (χ0n) is 19.2. The van der Waals surface area contributed by atoms with Crippen LogP contribution in [0, 0.1) is 11.2 Å². The van der Waals surface area contributed by atoms with Crippen LogP contribution in [-0.4, -0.2) is 29.2 Å². The maximum atomic E-state index is 14.8. The Labute approximate surface area is 188 Å². The Hall–Kier alpha value is 0.00688. The van der Waals surface area contributed by atoms with Gasteiger partial charge in [0.15, 0.2) is 8.32 Å². The molecule has 1 heterocycles. The van der Waals surface area contributed by atoms with E-state index in [2.05, 4.69) is 66.4 Å². The zero-order valence-corrected chi connectivity index (χ0v) is 22.6.